The van der Waals surface area contributed by atoms with Crippen LogP contribution in [-0.2, 0) is 5.41 Å². The zero-order valence-corrected chi connectivity index (χ0v) is 8.60. The zero-order valence-electron chi connectivity index (χ0n) is 8.60. The van der Waals surface area contributed by atoms with E-state index in [1.165, 1.54) is 18.2 Å². The van der Waals surface area contributed by atoms with Crippen LogP contribution >= 0.6 is 0 Å². The van der Waals surface area contributed by atoms with Crippen molar-refractivity contribution in [1.29, 1.82) is 0 Å². The average Bonchev–Trinajstić information content (AvgIpc) is 2.67. The number of hydrogen-bond acceptors (Lipinski definition) is 1. The molecule has 1 saturated carbocycles. The van der Waals surface area contributed by atoms with Crippen LogP contribution in [0.2, 0.25) is 0 Å². The van der Waals surface area contributed by atoms with Gasteiger partial charge in [-0.15, -0.1) is 0 Å². The molecule has 1 aliphatic rings. The van der Waals surface area contributed by atoms with E-state index in [9.17, 15) is 8.78 Å². The Kier molecular flexibility index (Phi) is 2.74. The third kappa shape index (κ3) is 1.65. The van der Waals surface area contributed by atoms with Gasteiger partial charge in [0.05, 0.1) is 0 Å². The quantitative estimate of drug-likeness (QED) is 0.799. The molecule has 2 rings (SSSR count). The first-order chi connectivity index (χ1) is 7.19. The van der Waals surface area contributed by atoms with E-state index < -0.39 is 17.0 Å². The summed E-state index contributed by atoms with van der Waals surface area (Å²) in [5.74, 6) is -0.912. The van der Waals surface area contributed by atoms with Crippen molar-refractivity contribution in [2.75, 3.05) is 6.54 Å². The molecule has 15 heavy (non-hydrogen) atoms. The molecule has 3 heteroatoms. The fourth-order valence-electron chi connectivity index (χ4n) is 2.61. The monoisotopic (exact) mass is 211 g/mol. The second-order valence-electron chi connectivity index (χ2n) is 4.29. The minimum atomic E-state index is -0.463. The summed E-state index contributed by atoms with van der Waals surface area (Å²) in [6, 6.07) is 4.02. The summed E-state index contributed by atoms with van der Waals surface area (Å²) >= 11 is 0. The number of hydrogen-bond donors (Lipinski definition) is 1. The largest absolute Gasteiger partial charge is 0.330 e. The van der Waals surface area contributed by atoms with Crippen molar-refractivity contribution in [3.05, 3.63) is 35.4 Å². The highest BCUT2D eigenvalue weighted by atomic mass is 19.1. The Bertz CT molecular complexity index is 336. The maximum Gasteiger partial charge on any atom is 0.129 e. The van der Waals surface area contributed by atoms with Gasteiger partial charge in [-0.2, -0.15) is 0 Å². The van der Waals surface area contributed by atoms with Gasteiger partial charge in [-0.05, 0) is 25.0 Å². The van der Waals surface area contributed by atoms with Gasteiger partial charge in [-0.1, -0.05) is 18.9 Å². The van der Waals surface area contributed by atoms with Gasteiger partial charge in [0.2, 0.25) is 0 Å². The van der Waals surface area contributed by atoms with Crippen molar-refractivity contribution in [3.8, 4) is 0 Å². The summed E-state index contributed by atoms with van der Waals surface area (Å²) < 4.78 is 27.3. The molecule has 1 aromatic rings. The molecular weight excluding hydrogens is 196 g/mol. The first kappa shape index (κ1) is 10.6. The van der Waals surface area contributed by atoms with Gasteiger partial charge < -0.3 is 5.73 Å². The maximum atomic E-state index is 13.6. The van der Waals surface area contributed by atoms with Crippen LogP contribution in [0.1, 0.15) is 31.2 Å². The third-order valence-electron chi connectivity index (χ3n) is 3.44. The molecule has 1 nitrogen and oxygen atoms in total. The lowest BCUT2D eigenvalue weighted by molar-refractivity contribution is 0.400. The van der Waals surface area contributed by atoms with Crippen LogP contribution in [0, 0.1) is 11.6 Å². The molecule has 1 aliphatic carbocycles. The van der Waals surface area contributed by atoms with E-state index in [-0.39, 0.29) is 5.56 Å². The predicted octanol–water partition coefficient (Wildman–Crippen LogP) is 2.74. The van der Waals surface area contributed by atoms with Crippen molar-refractivity contribution < 1.29 is 8.78 Å². The lowest BCUT2D eigenvalue weighted by Crippen LogP contribution is -2.34. The highest BCUT2D eigenvalue weighted by Gasteiger charge is 2.38. The summed E-state index contributed by atoms with van der Waals surface area (Å²) in [4.78, 5) is 0. The lowest BCUT2D eigenvalue weighted by atomic mass is 9.78. The van der Waals surface area contributed by atoms with Crippen LogP contribution < -0.4 is 5.73 Å². The summed E-state index contributed by atoms with van der Waals surface area (Å²) in [6.45, 7) is 0.324. The number of halogens is 2. The second kappa shape index (κ2) is 3.89. The fourth-order valence-corrected chi connectivity index (χ4v) is 2.61. The minimum absolute atomic E-state index is 0.199. The first-order valence-corrected chi connectivity index (χ1v) is 5.34. The topological polar surface area (TPSA) is 26.0 Å². The molecule has 0 amide bonds. The van der Waals surface area contributed by atoms with E-state index in [1.807, 2.05) is 0 Å². The standard InChI is InChI=1S/C12H15F2N/c13-9-4-3-5-10(14)11(9)12(8-15)6-1-2-7-12/h3-5H,1-2,6-8,15H2. The molecule has 0 atom stereocenters. The van der Waals surface area contributed by atoms with E-state index in [2.05, 4.69) is 0 Å². The molecule has 0 aliphatic heterocycles. The van der Waals surface area contributed by atoms with E-state index >= 15 is 0 Å². The molecule has 0 radical (unpaired) electrons. The highest BCUT2D eigenvalue weighted by Crippen LogP contribution is 2.42. The Balaban J connectivity index is 2.51. The predicted molar refractivity (Wildman–Crippen MR) is 55.6 cm³/mol. The molecule has 0 spiro atoms. The van der Waals surface area contributed by atoms with Crippen LogP contribution in [0.5, 0.6) is 0 Å². The van der Waals surface area contributed by atoms with Crippen molar-refractivity contribution in [2.24, 2.45) is 5.73 Å². The van der Waals surface area contributed by atoms with Crippen LogP contribution in [0.3, 0.4) is 0 Å². The van der Waals surface area contributed by atoms with Crippen LogP contribution in [0.25, 0.3) is 0 Å². The number of rotatable bonds is 2. The van der Waals surface area contributed by atoms with Gasteiger partial charge in [0.15, 0.2) is 0 Å². The van der Waals surface area contributed by atoms with E-state index in [0.717, 1.165) is 25.7 Å². The van der Waals surface area contributed by atoms with Crippen LogP contribution in [0.15, 0.2) is 18.2 Å². The van der Waals surface area contributed by atoms with Crippen LogP contribution in [-0.4, -0.2) is 6.54 Å². The highest BCUT2D eigenvalue weighted by molar-refractivity contribution is 5.30. The summed E-state index contributed by atoms with van der Waals surface area (Å²) in [5.41, 5.74) is 5.44. The van der Waals surface area contributed by atoms with E-state index in [0.29, 0.717) is 6.54 Å². The Morgan fingerprint density at radius 2 is 1.67 bits per heavy atom. The number of benzene rings is 1. The maximum absolute atomic E-state index is 13.6. The average molecular weight is 211 g/mol. The first-order valence-electron chi connectivity index (χ1n) is 5.34. The normalized spacial score (nSPS) is 19.4. The molecule has 0 heterocycles. The van der Waals surface area contributed by atoms with Gasteiger partial charge in [-0.3, -0.25) is 0 Å². The Morgan fingerprint density at radius 1 is 1.13 bits per heavy atom. The second-order valence-corrected chi connectivity index (χ2v) is 4.29. The molecule has 0 aromatic heterocycles. The molecule has 0 unspecified atom stereocenters. The van der Waals surface area contributed by atoms with Crippen molar-refractivity contribution >= 4 is 0 Å². The van der Waals surface area contributed by atoms with Crippen molar-refractivity contribution in [1.82, 2.24) is 0 Å². The minimum Gasteiger partial charge on any atom is -0.330 e. The Morgan fingerprint density at radius 3 is 2.13 bits per heavy atom. The summed E-state index contributed by atoms with van der Waals surface area (Å²) in [7, 11) is 0. The molecule has 82 valence electrons. The van der Waals surface area contributed by atoms with Crippen molar-refractivity contribution in [2.45, 2.75) is 31.1 Å². The van der Waals surface area contributed by atoms with Gasteiger partial charge >= 0.3 is 0 Å². The Labute approximate surface area is 88.3 Å². The van der Waals surface area contributed by atoms with Crippen molar-refractivity contribution in [3.63, 3.8) is 0 Å². The van der Waals surface area contributed by atoms with Gasteiger partial charge in [-0.25, -0.2) is 8.78 Å². The van der Waals surface area contributed by atoms with E-state index in [1.54, 1.807) is 0 Å². The molecule has 1 fully saturated rings. The summed E-state index contributed by atoms with van der Waals surface area (Å²) in [5, 5.41) is 0. The fraction of sp³-hybridized carbons (Fsp3) is 0.500. The molecule has 2 N–H and O–H groups in total. The molecule has 0 bridgehead atoms. The SMILES string of the molecule is NCC1(c2c(F)cccc2F)CCCC1. The summed E-state index contributed by atoms with van der Waals surface area (Å²) in [6.07, 6.45) is 3.60. The molecular formula is C12H15F2N. The Hall–Kier alpha value is -0.960. The van der Waals surface area contributed by atoms with E-state index in [4.69, 9.17) is 5.73 Å². The zero-order chi connectivity index (χ0) is 10.9. The third-order valence-corrected chi connectivity index (χ3v) is 3.44. The molecule has 0 saturated heterocycles. The lowest BCUT2D eigenvalue weighted by Gasteiger charge is -2.28. The van der Waals surface area contributed by atoms with Gasteiger partial charge in [0.1, 0.15) is 11.6 Å². The van der Waals surface area contributed by atoms with Gasteiger partial charge in [0, 0.05) is 17.5 Å². The van der Waals surface area contributed by atoms with Crippen LogP contribution in [0.4, 0.5) is 8.78 Å². The number of nitrogens with two attached hydrogens (primary N) is 1. The smallest absolute Gasteiger partial charge is 0.129 e. The van der Waals surface area contributed by atoms with Gasteiger partial charge in [0.25, 0.3) is 0 Å². The molecule has 1 aromatic carbocycles.